The number of sulfonamides is 1. The highest BCUT2D eigenvalue weighted by Crippen LogP contribution is 2.38. The van der Waals surface area contributed by atoms with Crippen molar-refractivity contribution in [1.29, 1.82) is 0 Å². The summed E-state index contributed by atoms with van der Waals surface area (Å²) in [5.41, 5.74) is 1.02. The molecular formula is C15H17FN2O3S. The average Bonchev–Trinajstić information content (AvgIpc) is 3.06. The maximum absolute atomic E-state index is 13.5. The van der Waals surface area contributed by atoms with E-state index >= 15 is 0 Å². The molecule has 118 valence electrons. The lowest BCUT2D eigenvalue weighted by Crippen LogP contribution is -2.31. The third-order valence-electron chi connectivity index (χ3n) is 3.97. The van der Waals surface area contributed by atoms with Crippen LogP contribution in [0.2, 0.25) is 0 Å². The van der Waals surface area contributed by atoms with Crippen LogP contribution >= 0.6 is 0 Å². The predicted octanol–water partition coefficient (Wildman–Crippen LogP) is 2.96. The molecule has 1 aromatic carbocycles. The summed E-state index contributed by atoms with van der Waals surface area (Å²) in [7, 11) is -3.71. The fourth-order valence-corrected chi connectivity index (χ4v) is 5.01. The lowest BCUT2D eigenvalue weighted by atomic mass is 10.1. The van der Waals surface area contributed by atoms with E-state index in [4.69, 9.17) is 4.52 Å². The third-order valence-corrected chi connectivity index (χ3v) is 6.12. The van der Waals surface area contributed by atoms with Crippen molar-refractivity contribution in [2.24, 2.45) is 0 Å². The monoisotopic (exact) mass is 324 g/mol. The van der Waals surface area contributed by atoms with Gasteiger partial charge in [-0.15, -0.1) is 0 Å². The lowest BCUT2D eigenvalue weighted by Gasteiger charge is -2.24. The molecular weight excluding hydrogens is 307 g/mol. The molecule has 0 amide bonds. The maximum atomic E-state index is 13.5. The summed E-state index contributed by atoms with van der Waals surface area (Å²) < 4.78 is 45.7. The molecule has 2 aromatic rings. The van der Waals surface area contributed by atoms with Crippen LogP contribution in [0, 0.1) is 19.7 Å². The van der Waals surface area contributed by atoms with E-state index in [-0.39, 0.29) is 22.5 Å². The van der Waals surface area contributed by atoms with Crippen LogP contribution in [0.3, 0.4) is 0 Å². The minimum absolute atomic E-state index is 0.121. The molecule has 2 heterocycles. The molecule has 1 aliphatic rings. The summed E-state index contributed by atoms with van der Waals surface area (Å²) in [5, 5.41) is 3.72. The Morgan fingerprint density at radius 1 is 1.36 bits per heavy atom. The first-order valence-electron chi connectivity index (χ1n) is 7.11. The van der Waals surface area contributed by atoms with Gasteiger partial charge in [-0.3, -0.25) is 0 Å². The first-order valence-corrected chi connectivity index (χ1v) is 8.55. The molecule has 1 fully saturated rings. The Balaban J connectivity index is 2.03. The van der Waals surface area contributed by atoms with Crippen LogP contribution in [0.25, 0.3) is 0 Å². The summed E-state index contributed by atoms with van der Waals surface area (Å²) in [6, 6.07) is 5.75. The smallest absolute Gasteiger partial charge is 0.249 e. The molecule has 0 spiro atoms. The number of nitrogens with zero attached hydrogens (tertiary/aromatic N) is 2. The number of hydrogen-bond acceptors (Lipinski definition) is 4. The number of halogens is 1. The molecule has 3 rings (SSSR count). The highest BCUT2D eigenvalue weighted by Gasteiger charge is 2.39. The molecule has 0 aliphatic carbocycles. The van der Waals surface area contributed by atoms with Crippen molar-refractivity contribution in [3.8, 4) is 0 Å². The number of aromatic nitrogens is 1. The van der Waals surface area contributed by atoms with Crippen LogP contribution < -0.4 is 0 Å². The Bertz CT molecular complexity index is 781. The van der Waals surface area contributed by atoms with E-state index in [1.54, 1.807) is 26.0 Å². The van der Waals surface area contributed by atoms with E-state index in [0.717, 1.165) is 6.42 Å². The van der Waals surface area contributed by atoms with Gasteiger partial charge in [0.15, 0.2) is 5.76 Å². The van der Waals surface area contributed by atoms with Crippen LogP contribution in [0.4, 0.5) is 4.39 Å². The zero-order valence-electron chi connectivity index (χ0n) is 12.4. The summed E-state index contributed by atoms with van der Waals surface area (Å²) in [6.07, 6.45) is 1.41. The first-order chi connectivity index (χ1) is 10.4. The second-order valence-electron chi connectivity index (χ2n) is 5.48. The van der Waals surface area contributed by atoms with Crippen LogP contribution in [0.15, 0.2) is 33.7 Å². The maximum Gasteiger partial charge on any atom is 0.249 e. The summed E-state index contributed by atoms with van der Waals surface area (Å²) in [4.78, 5) is 0.121. The quantitative estimate of drug-likeness (QED) is 0.871. The average molecular weight is 324 g/mol. The van der Waals surface area contributed by atoms with Crippen molar-refractivity contribution in [1.82, 2.24) is 9.46 Å². The normalized spacial score (nSPS) is 19.7. The Labute approximate surface area is 128 Å². The molecule has 0 saturated carbocycles. The molecule has 1 atom stereocenters. The lowest BCUT2D eigenvalue weighted by molar-refractivity contribution is 0.383. The van der Waals surface area contributed by atoms with Gasteiger partial charge in [-0.05, 0) is 44.4 Å². The zero-order valence-corrected chi connectivity index (χ0v) is 13.2. The molecule has 1 aliphatic heterocycles. The molecule has 1 saturated heterocycles. The second-order valence-corrected chi connectivity index (χ2v) is 7.31. The number of hydrogen-bond donors (Lipinski definition) is 0. The van der Waals surface area contributed by atoms with E-state index in [1.807, 2.05) is 0 Å². The topological polar surface area (TPSA) is 63.4 Å². The second kappa shape index (κ2) is 5.48. The van der Waals surface area contributed by atoms with Gasteiger partial charge in [0.2, 0.25) is 10.0 Å². The third kappa shape index (κ3) is 2.44. The van der Waals surface area contributed by atoms with Gasteiger partial charge < -0.3 is 4.52 Å². The van der Waals surface area contributed by atoms with Gasteiger partial charge in [-0.25, -0.2) is 12.8 Å². The highest BCUT2D eigenvalue weighted by molar-refractivity contribution is 7.89. The zero-order chi connectivity index (χ0) is 15.9. The minimum atomic E-state index is -3.71. The van der Waals surface area contributed by atoms with Crippen molar-refractivity contribution in [2.45, 2.75) is 37.6 Å². The van der Waals surface area contributed by atoms with Crippen LogP contribution in [-0.4, -0.2) is 24.4 Å². The fraction of sp³-hybridized carbons (Fsp3) is 0.400. The first kappa shape index (κ1) is 15.2. The van der Waals surface area contributed by atoms with Crippen molar-refractivity contribution < 1.29 is 17.3 Å². The predicted molar refractivity (Wildman–Crippen MR) is 78.2 cm³/mol. The SMILES string of the molecule is Cc1noc(C)c1S(=O)(=O)N1CCC[C@H]1c1cccc(F)c1. The Morgan fingerprint density at radius 3 is 2.77 bits per heavy atom. The molecule has 22 heavy (non-hydrogen) atoms. The molecule has 0 bridgehead atoms. The Kier molecular flexibility index (Phi) is 3.78. The van der Waals surface area contributed by atoms with Gasteiger partial charge in [0.05, 0.1) is 6.04 Å². The Morgan fingerprint density at radius 2 is 2.14 bits per heavy atom. The van der Waals surface area contributed by atoms with Gasteiger partial charge in [0.1, 0.15) is 16.4 Å². The largest absolute Gasteiger partial charge is 0.360 e. The van der Waals surface area contributed by atoms with Gasteiger partial charge in [0.25, 0.3) is 0 Å². The minimum Gasteiger partial charge on any atom is -0.360 e. The van der Waals surface area contributed by atoms with Crippen molar-refractivity contribution in [2.75, 3.05) is 6.54 Å². The van der Waals surface area contributed by atoms with Gasteiger partial charge in [-0.1, -0.05) is 17.3 Å². The van der Waals surface area contributed by atoms with Gasteiger partial charge in [-0.2, -0.15) is 4.31 Å². The van der Waals surface area contributed by atoms with Gasteiger partial charge in [0, 0.05) is 6.54 Å². The van der Waals surface area contributed by atoms with E-state index in [2.05, 4.69) is 5.16 Å². The van der Waals surface area contributed by atoms with Crippen molar-refractivity contribution >= 4 is 10.0 Å². The highest BCUT2D eigenvalue weighted by atomic mass is 32.2. The standard InChI is InChI=1S/C15H17FN2O3S/c1-10-15(11(2)21-17-10)22(19,20)18-8-4-7-14(18)12-5-3-6-13(16)9-12/h3,5-6,9,14H,4,7-8H2,1-2H3/t14-/m0/s1. The van der Waals surface area contributed by atoms with E-state index in [1.165, 1.54) is 16.4 Å². The van der Waals surface area contributed by atoms with E-state index in [9.17, 15) is 12.8 Å². The number of rotatable bonds is 3. The number of benzene rings is 1. The molecule has 0 unspecified atom stereocenters. The summed E-state index contributed by atoms with van der Waals surface area (Å²) in [5.74, 6) is -0.0820. The fourth-order valence-electron chi connectivity index (χ4n) is 3.03. The van der Waals surface area contributed by atoms with E-state index < -0.39 is 10.0 Å². The van der Waals surface area contributed by atoms with Crippen LogP contribution in [0.5, 0.6) is 0 Å². The van der Waals surface area contributed by atoms with E-state index in [0.29, 0.717) is 24.2 Å². The van der Waals surface area contributed by atoms with Crippen LogP contribution in [0.1, 0.15) is 35.9 Å². The number of aryl methyl sites for hydroxylation is 2. The van der Waals surface area contributed by atoms with Crippen molar-refractivity contribution in [3.05, 3.63) is 47.1 Å². The van der Waals surface area contributed by atoms with Crippen LogP contribution in [-0.2, 0) is 10.0 Å². The summed E-state index contributed by atoms with van der Waals surface area (Å²) >= 11 is 0. The van der Waals surface area contributed by atoms with Gasteiger partial charge >= 0.3 is 0 Å². The molecule has 0 N–H and O–H groups in total. The molecule has 0 radical (unpaired) electrons. The molecule has 5 nitrogen and oxygen atoms in total. The Hall–Kier alpha value is -1.73. The summed E-state index contributed by atoms with van der Waals surface area (Å²) in [6.45, 7) is 3.60. The van der Waals surface area contributed by atoms with Crippen molar-refractivity contribution in [3.63, 3.8) is 0 Å². The molecule has 1 aromatic heterocycles. The molecule has 7 heteroatoms.